The molecule has 0 saturated carbocycles. The molecule has 0 atom stereocenters. The molecule has 0 radical (unpaired) electrons. The standard InChI is InChI=1S/C17H14N2O7/c1-3-11-4-6-12(7-5-11)17(20)26-10-14-15(18(21)22)8-13(25-2)9-16(14)19(23)24/h3-9H,1,10H2,2H3. The molecule has 0 spiro atoms. The van der Waals surface area contributed by atoms with Crippen LogP contribution in [0.3, 0.4) is 0 Å². The van der Waals surface area contributed by atoms with Crippen molar-refractivity contribution in [3.05, 3.63) is 79.9 Å². The zero-order chi connectivity index (χ0) is 19.3. The Morgan fingerprint density at radius 1 is 1.12 bits per heavy atom. The Kier molecular flexibility index (Phi) is 5.63. The number of esters is 1. The molecule has 9 nitrogen and oxygen atoms in total. The number of carbonyl (C=O) groups excluding carboxylic acids is 1. The first kappa shape index (κ1) is 18.6. The number of nitrogens with zero attached hydrogens (tertiary/aromatic N) is 2. The van der Waals surface area contributed by atoms with Crippen molar-refractivity contribution in [2.75, 3.05) is 7.11 Å². The highest BCUT2D eigenvalue weighted by atomic mass is 16.6. The Morgan fingerprint density at radius 3 is 2.08 bits per heavy atom. The summed E-state index contributed by atoms with van der Waals surface area (Å²) in [4.78, 5) is 33.0. The number of carbonyl (C=O) groups is 1. The van der Waals surface area contributed by atoms with Gasteiger partial charge in [0.1, 0.15) is 17.9 Å². The number of hydrogen-bond donors (Lipinski definition) is 0. The molecule has 9 heteroatoms. The number of nitro benzene ring substituents is 2. The van der Waals surface area contributed by atoms with Crippen LogP contribution in [0.25, 0.3) is 6.08 Å². The molecule has 0 aliphatic rings. The lowest BCUT2D eigenvalue weighted by Gasteiger charge is -2.08. The van der Waals surface area contributed by atoms with E-state index in [0.717, 1.165) is 17.7 Å². The van der Waals surface area contributed by atoms with Gasteiger partial charge in [-0.3, -0.25) is 20.2 Å². The predicted octanol–water partition coefficient (Wildman–Crippen LogP) is 3.51. The average molecular weight is 358 g/mol. The van der Waals surface area contributed by atoms with Crippen LogP contribution in [0.15, 0.2) is 43.0 Å². The number of rotatable bonds is 7. The first-order valence-corrected chi connectivity index (χ1v) is 7.26. The fourth-order valence-corrected chi connectivity index (χ4v) is 2.18. The molecule has 26 heavy (non-hydrogen) atoms. The van der Waals surface area contributed by atoms with Gasteiger partial charge in [0.15, 0.2) is 0 Å². The lowest BCUT2D eigenvalue weighted by molar-refractivity contribution is -0.396. The van der Waals surface area contributed by atoms with Crippen LogP contribution >= 0.6 is 0 Å². The van der Waals surface area contributed by atoms with E-state index < -0.39 is 33.8 Å². The molecule has 0 N–H and O–H groups in total. The third-order valence-electron chi connectivity index (χ3n) is 3.54. The van der Waals surface area contributed by atoms with Gasteiger partial charge >= 0.3 is 5.97 Å². The quantitative estimate of drug-likeness (QED) is 0.421. The smallest absolute Gasteiger partial charge is 0.338 e. The molecule has 134 valence electrons. The topological polar surface area (TPSA) is 122 Å². The monoisotopic (exact) mass is 358 g/mol. The van der Waals surface area contributed by atoms with Gasteiger partial charge in [0.25, 0.3) is 11.4 Å². The summed E-state index contributed by atoms with van der Waals surface area (Å²) in [5.41, 5.74) is -0.453. The number of methoxy groups -OCH3 is 1. The van der Waals surface area contributed by atoms with Crippen molar-refractivity contribution in [2.24, 2.45) is 0 Å². The van der Waals surface area contributed by atoms with Crippen LogP contribution in [0, 0.1) is 20.2 Å². The van der Waals surface area contributed by atoms with Crippen LogP contribution in [0.2, 0.25) is 0 Å². The number of nitro groups is 2. The maximum absolute atomic E-state index is 12.1. The Hall–Kier alpha value is -3.75. The Balaban J connectivity index is 2.32. The highest BCUT2D eigenvalue weighted by Gasteiger charge is 2.28. The zero-order valence-corrected chi connectivity index (χ0v) is 13.7. The normalized spacial score (nSPS) is 10.0. The van der Waals surface area contributed by atoms with Crippen molar-refractivity contribution in [1.82, 2.24) is 0 Å². The summed E-state index contributed by atoms with van der Waals surface area (Å²) in [6.45, 7) is 2.97. The number of hydrogen-bond acceptors (Lipinski definition) is 7. The van der Waals surface area contributed by atoms with Gasteiger partial charge in [0.2, 0.25) is 0 Å². The summed E-state index contributed by atoms with van der Waals surface area (Å²) < 4.78 is 9.87. The van der Waals surface area contributed by atoms with Crippen molar-refractivity contribution >= 4 is 23.4 Å². The molecule has 0 fully saturated rings. The van der Waals surface area contributed by atoms with E-state index in [-0.39, 0.29) is 16.9 Å². The molecule has 0 bridgehead atoms. The van der Waals surface area contributed by atoms with Crippen molar-refractivity contribution in [1.29, 1.82) is 0 Å². The average Bonchev–Trinajstić information content (AvgIpc) is 2.65. The molecule has 2 aromatic carbocycles. The molecule has 2 rings (SSSR count). The van der Waals surface area contributed by atoms with Gasteiger partial charge in [-0.15, -0.1) is 0 Å². The van der Waals surface area contributed by atoms with E-state index in [2.05, 4.69) is 6.58 Å². The molecular formula is C17H14N2O7. The van der Waals surface area contributed by atoms with E-state index in [9.17, 15) is 25.0 Å². The van der Waals surface area contributed by atoms with Crippen LogP contribution < -0.4 is 4.74 Å². The molecule has 2 aromatic rings. The van der Waals surface area contributed by atoms with Gasteiger partial charge in [0.05, 0.1) is 34.7 Å². The highest BCUT2D eigenvalue weighted by molar-refractivity contribution is 5.89. The second-order valence-corrected chi connectivity index (χ2v) is 5.06. The summed E-state index contributed by atoms with van der Waals surface area (Å²) in [6.07, 6.45) is 1.60. The zero-order valence-electron chi connectivity index (χ0n) is 13.7. The molecule has 0 heterocycles. The van der Waals surface area contributed by atoms with Crippen molar-refractivity contribution < 1.29 is 24.1 Å². The highest BCUT2D eigenvalue weighted by Crippen LogP contribution is 2.34. The fourth-order valence-electron chi connectivity index (χ4n) is 2.18. The minimum atomic E-state index is -0.794. The van der Waals surface area contributed by atoms with Gasteiger partial charge in [-0.05, 0) is 17.7 Å². The first-order chi connectivity index (χ1) is 12.4. The van der Waals surface area contributed by atoms with Crippen LogP contribution in [-0.4, -0.2) is 22.9 Å². The molecule has 0 aliphatic heterocycles. The minimum absolute atomic E-state index is 0.0431. The van der Waals surface area contributed by atoms with E-state index in [0.29, 0.717) is 0 Å². The Labute approximate surface area is 147 Å². The third kappa shape index (κ3) is 4.01. The van der Waals surface area contributed by atoms with Gasteiger partial charge in [-0.2, -0.15) is 0 Å². The van der Waals surface area contributed by atoms with Gasteiger partial charge in [-0.1, -0.05) is 24.8 Å². The summed E-state index contributed by atoms with van der Waals surface area (Å²) in [6, 6.07) is 8.35. The molecule has 0 aromatic heterocycles. The fraction of sp³-hybridized carbons (Fsp3) is 0.118. The van der Waals surface area contributed by atoms with Crippen molar-refractivity contribution in [2.45, 2.75) is 6.61 Å². The maximum atomic E-state index is 12.1. The van der Waals surface area contributed by atoms with Crippen molar-refractivity contribution in [3.63, 3.8) is 0 Å². The molecule has 0 saturated heterocycles. The predicted molar refractivity (Wildman–Crippen MR) is 92.0 cm³/mol. The molecular weight excluding hydrogens is 344 g/mol. The van der Waals surface area contributed by atoms with E-state index in [4.69, 9.17) is 9.47 Å². The maximum Gasteiger partial charge on any atom is 0.338 e. The number of ether oxygens (including phenoxy) is 2. The van der Waals surface area contributed by atoms with Gasteiger partial charge in [-0.25, -0.2) is 4.79 Å². The summed E-state index contributed by atoms with van der Waals surface area (Å²) in [5.74, 6) is -0.807. The van der Waals surface area contributed by atoms with E-state index in [1.807, 2.05) is 0 Å². The summed E-state index contributed by atoms with van der Waals surface area (Å²) in [5, 5.41) is 22.5. The lowest BCUT2D eigenvalue weighted by Crippen LogP contribution is -2.09. The minimum Gasteiger partial charge on any atom is -0.496 e. The Morgan fingerprint density at radius 2 is 1.65 bits per heavy atom. The van der Waals surface area contributed by atoms with Gasteiger partial charge < -0.3 is 9.47 Å². The number of benzene rings is 2. The third-order valence-corrected chi connectivity index (χ3v) is 3.54. The molecule has 0 aliphatic carbocycles. The Bertz CT molecular complexity index is 840. The van der Waals surface area contributed by atoms with Crippen molar-refractivity contribution in [3.8, 4) is 5.75 Å². The van der Waals surface area contributed by atoms with E-state index in [1.54, 1.807) is 18.2 Å². The summed E-state index contributed by atoms with van der Waals surface area (Å²) in [7, 11) is 1.23. The largest absolute Gasteiger partial charge is 0.496 e. The van der Waals surface area contributed by atoms with E-state index >= 15 is 0 Å². The molecule has 0 amide bonds. The van der Waals surface area contributed by atoms with Crippen LogP contribution in [0.1, 0.15) is 21.5 Å². The second kappa shape index (κ2) is 7.88. The van der Waals surface area contributed by atoms with E-state index in [1.165, 1.54) is 19.2 Å². The second-order valence-electron chi connectivity index (χ2n) is 5.06. The SMILES string of the molecule is C=Cc1ccc(C(=O)OCc2c([N+](=O)[O-])cc(OC)cc2[N+](=O)[O-])cc1. The molecule has 0 unspecified atom stereocenters. The summed E-state index contributed by atoms with van der Waals surface area (Å²) >= 11 is 0. The first-order valence-electron chi connectivity index (χ1n) is 7.26. The van der Waals surface area contributed by atoms with Crippen LogP contribution in [-0.2, 0) is 11.3 Å². The van der Waals surface area contributed by atoms with Crippen LogP contribution in [0.5, 0.6) is 5.75 Å². The van der Waals surface area contributed by atoms with Gasteiger partial charge in [0, 0.05) is 0 Å². The lowest BCUT2D eigenvalue weighted by atomic mass is 10.1. The van der Waals surface area contributed by atoms with Crippen LogP contribution in [0.4, 0.5) is 11.4 Å².